The van der Waals surface area contributed by atoms with Crippen molar-refractivity contribution in [2.45, 2.75) is 6.54 Å². The van der Waals surface area contributed by atoms with E-state index in [1.807, 2.05) is 0 Å². The Morgan fingerprint density at radius 1 is 1.17 bits per heavy atom. The van der Waals surface area contributed by atoms with E-state index in [-0.39, 0.29) is 23.0 Å². The number of carboxylic acid groups (broad SMARTS) is 2. The molecule has 0 unspecified atom stereocenters. The quantitative estimate of drug-likeness (QED) is 0.605. The van der Waals surface area contributed by atoms with E-state index in [2.05, 4.69) is 4.98 Å². The van der Waals surface area contributed by atoms with Crippen molar-refractivity contribution in [1.82, 2.24) is 14.5 Å². The second-order valence-electron chi connectivity index (χ2n) is 5.30. The molecule has 0 radical (unpaired) electrons. The van der Waals surface area contributed by atoms with Crippen LogP contribution >= 0.6 is 11.6 Å². The van der Waals surface area contributed by atoms with E-state index in [0.717, 1.165) is 4.57 Å². The Bertz CT molecular complexity index is 1090. The third-order valence-electron chi connectivity index (χ3n) is 4.08. The van der Waals surface area contributed by atoms with Gasteiger partial charge in [-0.25, -0.2) is 24.0 Å². The number of carbonyl (C=O) groups excluding carboxylic acids is 1. The van der Waals surface area contributed by atoms with Crippen molar-refractivity contribution in [2.75, 3.05) is 0 Å². The number of pyridine rings is 1. The Labute approximate surface area is 138 Å². The van der Waals surface area contributed by atoms with Crippen LogP contribution in [0.2, 0.25) is 5.15 Å². The van der Waals surface area contributed by atoms with Crippen LogP contribution in [0.3, 0.4) is 0 Å². The Kier molecular flexibility index (Phi) is 2.82. The molecule has 0 bridgehead atoms. The first-order valence-corrected chi connectivity index (χ1v) is 7.17. The molecular weight excluding hydrogens is 338 g/mol. The number of halogens is 1. The minimum atomic E-state index is -1.42. The lowest BCUT2D eigenvalue weighted by Crippen LogP contribution is -2.30. The Morgan fingerprint density at radius 2 is 1.92 bits per heavy atom. The summed E-state index contributed by atoms with van der Waals surface area (Å²) in [6.07, 6.45) is -1.22. The lowest BCUT2D eigenvalue weighted by Gasteiger charge is -2.11. The second-order valence-corrected chi connectivity index (χ2v) is 5.69. The van der Waals surface area contributed by atoms with Gasteiger partial charge in [0.25, 0.3) is 5.91 Å². The molecule has 2 N–H and O–H groups in total. The summed E-state index contributed by atoms with van der Waals surface area (Å²) in [5.74, 6) is -0.734. The molecule has 0 saturated heterocycles. The fourth-order valence-electron chi connectivity index (χ4n) is 3.13. The molecule has 1 aliphatic heterocycles. The predicted molar refractivity (Wildman–Crippen MR) is 83.6 cm³/mol. The van der Waals surface area contributed by atoms with Gasteiger partial charge in [-0.3, -0.25) is 4.79 Å². The van der Waals surface area contributed by atoms with Crippen LogP contribution in [0.15, 0.2) is 24.4 Å². The average Bonchev–Trinajstić information content (AvgIpc) is 3.02. The molecule has 3 heterocycles. The van der Waals surface area contributed by atoms with E-state index >= 15 is 0 Å². The normalized spacial score (nSPS) is 13.7. The molecule has 0 saturated carbocycles. The van der Waals surface area contributed by atoms with Crippen LogP contribution in [0, 0.1) is 0 Å². The molecule has 0 atom stereocenters. The molecule has 0 aliphatic carbocycles. The molecule has 1 aliphatic rings. The van der Waals surface area contributed by atoms with Crippen LogP contribution in [0.1, 0.15) is 16.1 Å². The molecule has 2 amide bonds. The van der Waals surface area contributed by atoms with Gasteiger partial charge in [-0.1, -0.05) is 23.7 Å². The largest absolute Gasteiger partial charge is 0.465 e. The van der Waals surface area contributed by atoms with Crippen LogP contribution in [0.25, 0.3) is 21.7 Å². The van der Waals surface area contributed by atoms with Gasteiger partial charge >= 0.3 is 12.2 Å². The lowest BCUT2D eigenvalue weighted by atomic mass is 10.1. The number of hydrogen-bond donors (Lipinski definition) is 2. The maximum absolute atomic E-state index is 12.4. The number of carbonyl (C=O) groups is 3. The van der Waals surface area contributed by atoms with Crippen molar-refractivity contribution >= 4 is 51.4 Å². The number of amides is 2. The lowest BCUT2D eigenvalue weighted by molar-refractivity contribution is 0.0763. The van der Waals surface area contributed by atoms with E-state index < -0.39 is 18.1 Å². The van der Waals surface area contributed by atoms with Gasteiger partial charge in [0.2, 0.25) is 0 Å². The fourth-order valence-corrected chi connectivity index (χ4v) is 3.29. The van der Waals surface area contributed by atoms with Crippen molar-refractivity contribution in [3.63, 3.8) is 0 Å². The Balaban J connectivity index is 2.17. The molecule has 3 aromatic rings. The molecule has 0 spiro atoms. The van der Waals surface area contributed by atoms with Gasteiger partial charge < -0.3 is 10.2 Å². The highest BCUT2D eigenvalue weighted by Crippen LogP contribution is 2.37. The first-order chi connectivity index (χ1) is 11.4. The first-order valence-electron chi connectivity index (χ1n) is 6.79. The second kappa shape index (κ2) is 4.68. The summed E-state index contributed by atoms with van der Waals surface area (Å²) in [6, 6.07) is 4.80. The van der Waals surface area contributed by atoms with Crippen molar-refractivity contribution in [2.24, 2.45) is 0 Å². The number of benzene rings is 1. The van der Waals surface area contributed by atoms with Gasteiger partial charge in [-0.2, -0.15) is 0 Å². The minimum Gasteiger partial charge on any atom is -0.465 e. The highest BCUT2D eigenvalue weighted by atomic mass is 35.5. The summed E-state index contributed by atoms with van der Waals surface area (Å²) >= 11 is 5.92. The van der Waals surface area contributed by atoms with Gasteiger partial charge in [-0.05, 0) is 6.07 Å². The van der Waals surface area contributed by atoms with E-state index in [9.17, 15) is 19.5 Å². The van der Waals surface area contributed by atoms with Gasteiger partial charge in [0.05, 0.1) is 23.3 Å². The number of nitrogens with zero attached hydrogens (tertiary/aromatic N) is 3. The van der Waals surface area contributed by atoms with Crippen LogP contribution < -0.4 is 0 Å². The van der Waals surface area contributed by atoms with Crippen LogP contribution in [-0.4, -0.2) is 42.8 Å². The topological polar surface area (TPSA) is 113 Å². The number of fused-ring (bicyclic) bond motifs is 5. The van der Waals surface area contributed by atoms with Crippen molar-refractivity contribution in [3.05, 3.63) is 40.8 Å². The summed E-state index contributed by atoms with van der Waals surface area (Å²) < 4.78 is 0.949. The first kappa shape index (κ1) is 14.5. The molecule has 8 nitrogen and oxygen atoms in total. The summed E-state index contributed by atoms with van der Waals surface area (Å²) in [6.45, 7) is -0.315. The predicted octanol–water partition coefficient (Wildman–Crippen LogP) is 3.00. The van der Waals surface area contributed by atoms with Gasteiger partial charge in [-0.15, -0.1) is 0 Å². The number of rotatable bonds is 0. The van der Waals surface area contributed by atoms with Crippen molar-refractivity contribution < 1.29 is 24.6 Å². The van der Waals surface area contributed by atoms with Gasteiger partial charge in [0.15, 0.2) is 0 Å². The van der Waals surface area contributed by atoms with E-state index in [1.54, 1.807) is 12.1 Å². The summed E-state index contributed by atoms with van der Waals surface area (Å²) in [4.78, 5) is 39.9. The maximum atomic E-state index is 12.4. The molecule has 4 rings (SSSR count). The van der Waals surface area contributed by atoms with Crippen molar-refractivity contribution in [3.8, 4) is 0 Å². The van der Waals surface area contributed by atoms with Crippen LogP contribution in [0.4, 0.5) is 9.59 Å². The zero-order chi connectivity index (χ0) is 17.2. The van der Waals surface area contributed by atoms with E-state index in [1.165, 1.54) is 12.3 Å². The minimum absolute atomic E-state index is 0.0876. The average molecular weight is 346 g/mol. The molecule has 1 aromatic carbocycles. The van der Waals surface area contributed by atoms with Gasteiger partial charge in [0, 0.05) is 22.4 Å². The highest BCUT2D eigenvalue weighted by Gasteiger charge is 2.39. The third-order valence-corrected chi connectivity index (χ3v) is 4.29. The SMILES string of the molecule is O=C(O)N1Cc2c(c3ccc4cnc(Cl)cc4c3n2C(=O)O)C1=O. The molecule has 0 fully saturated rings. The Hall–Kier alpha value is -3.13. The number of aromatic nitrogens is 2. The summed E-state index contributed by atoms with van der Waals surface area (Å²) in [5, 5.41) is 20.5. The maximum Gasteiger partial charge on any atom is 0.416 e. The molecule has 2 aromatic heterocycles. The van der Waals surface area contributed by atoms with E-state index in [0.29, 0.717) is 26.6 Å². The molecule has 9 heteroatoms. The molecule has 24 heavy (non-hydrogen) atoms. The van der Waals surface area contributed by atoms with Crippen LogP contribution in [-0.2, 0) is 6.54 Å². The standard InChI is InChI=1S/C15H8ClN3O5/c16-10-3-8-6(4-17-10)1-2-7-11-9(19(12(7)8)15(23)24)5-18(13(11)20)14(21)22/h1-4H,5H2,(H,21,22)(H,23,24). The van der Waals surface area contributed by atoms with Crippen molar-refractivity contribution in [1.29, 1.82) is 0 Å². The molecule has 120 valence electrons. The van der Waals surface area contributed by atoms with Crippen LogP contribution in [0.5, 0.6) is 0 Å². The zero-order valence-electron chi connectivity index (χ0n) is 11.9. The summed E-state index contributed by atoms with van der Waals surface area (Å²) in [5.41, 5.74) is 0.516. The highest BCUT2D eigenvalue weighted by molar-refractivity contribution is 6.31. The third kappa shape index (κ3) is 1.74. The van der Waals surface area contributed by atoms with Gasteiger partial charge in [0.1, 0.15) is 5.15 Å². The Morgan fingerprint density at radius 3 is 2.58 bits per heavy atom. The monoisotopic (exact) mass is 345 g/mol. The zero-order valence-corrected chi connectivity index (χ0v) is 12.6. The smallest absolute Gasteiger partial charge is 0.416 e. The fraction of sp³-hybridized carbons (Fsp3) is 0.0667. The number of hydrogen-bond acceptors (Lipinski definition) is 4. The van der Waals surface area contributed by atoms with E-state index in [4.69, 9.17) is 16.7 Å². The summed E-state index contributed by atoms with van der Waals surface area (Å²) in [7, 11) is 0. The number of imide groups is 1. The molecular formula is C15H8ClN3O5.